The number of hydrogen-bond donors (Lipinski definition) is 1. The number of aromatic nitrogens is 2. The first-order valence-electron chi connectivity index (χ1n) is 10.4. The third-order valence-corrected chi connectivity index (χ3v) is 6.01. The molecule has 1 amide bonds. The van der Waals surface area contributed by atoms with E-state index in [-0.39, 0.29) is 5.91 Å². The minimum absolute atomic E-state index is 0.0367. The highest BCUT2D eigenvalue weighted by Crippen LogP contribution is 2.24. The zero-order valence-electron chi connectivity index (χ0n) is 16.9. The standard InChI is InChI=1S/C21H30N4O3/c1-3-25-20-7-10-27-14-18(20)19(23-25)13-24-8-4-16(5-9-24)12-22-21(26)17-6-11-28-15(17)2/h6,11,16H,3-5,7-10,12-14H2,1-2H3,(H,22,26). The molecule has 4 heterocycles. The minimum Gasteiger partial charge on any atom is -0.469 e. The predicted octanol–water partition coefficient (Wildman–Crippen LogP) is 2.52. The van der Waals surface area contributed by atoms with Gasteiger partial charge in [-0.05, 0) is 51.8 Å². The predicted molar refractivity (Wildman–Crippen MR) is 105 cm³/mol. The second-order valence-electron chi connectivity index (χ2n) is 7.81. The quantitative estimate of drug-likeness (QED) is 0.826. The molecule has 2 aromatic rings. The van der Waals surface area contributed by atoms with Gasteiger partial charge < -0.3 is 14.5 Å². The summed E-state index contributed by atoms with van der Waals surface area (Å²) in [5, 5.41) is 7.91. The third-order valence-electron chi connectivity index (χ3n) is 6.01. The molecule has 0 bridgehead atoms. The van der Waals surface area contributed by atoms with Crippen LogP contribution in [0.5, 0.6) is 0 Å². The van der Waals surface area contributed by atoms with Crippen LogP contribution >= 0.6 is 0 Å². The van der Waals surface area contributed by atoms with Gasteiger partial charge in [-0.2, -0.15) is 5.10 Å². The monoisotopic (exact) mass is 386 g/mol. The van der Waals surface area contributed by atoms with Crippen LogP contribution < -0.4 is 5.32 Å². The lowest BCUT2D eigenvalue weighted by molar-refractivity contribution is 0.0933. The van der Waals surface area contributed by atoms with Gasteiger partial charge in [0.05, 0.1) is 30.7 Å². The van der Waals surface area contributed by atoms with Crippen molar-refractivity contribution < 1.29 is 13.9 Å². The molecule has 0 unspecified atom stereocenters. The van der Waals surface area contributed by atoms with E-state index < -0.39 is 0 Å². The molecule has 2 aliphatic heterocycles. The van der Waals surface area contributed by atoms with Crippen molar-refractivity contribution in [3.8, 4) is 0 Å². The van der Waals surface area contributed by atoms with Crippen molar-refractivity contribution in [1.82, 2.24) is 20.0 Å². The summed E-state index contributed by atoms with van der Waals surface area (Å²) in [4.78, 5) is 14.7. The molecule has 0 aromatic carbocycles. The molecule has 1 N–H and O–H groups in total. The van der Waals surface area contributed by atoms with E-state index in [1.807, 2.05) is 6.92 Å². The molecule has 0 aliphatic carbocycles. The Balaban J connectivity index is 1.27. The number of likely N-dealkylation sites (tertiary alicyclic amines) is 1. The van der Waals surface area contributed by atoms with Crippen molar-refractivity contribution in [2.24, 2.45) is 5.92 Å². The fourth-order valence-corrected chi connectivity index (χ4v) is 4.28. The van der Waals surface area contributed by atoms with Crippen LogP contribution in [0, 0.1) is 12.8 Å². The molecule has 28 heavy (non-hydrogen) atoms. The van der Waals surface area contributed by atoms with Gasteiger partial charge in [0.2, 0.25) is 0 Å². The number of carbonyl (C=O) groups is 1. The smallest absolute Gasteiger partial charge is 0.254 e. The highest BCUT2D eigenvalue weighted by atomic mass is 16.5. The number of nitrogens with zero attached hydrogens (tertiary/aromatic N) is 3. The van der Waals surface area contributed by atoms with Gasteiger partial charge in [0.25, 0.3) is 5.91 Å². The van der Waals surface area contributed by atoms with Crippen molar-refractivity contribution in [3.63, 3.8) is 0 Å². The average Bonchev–Trinajstić information content (AvgIpc) is 3.31. The molecule has 0 saturated carbocycles. The molecule has 0 radical (unpaired) electrons. The zero-order valence-corrected chi connectivity index (χ0v) is 16.9. The third kappa shape index (κ3) is 4.00. The Morgan fingerprint density at radius 3 is 2.89 bits per heavy atom. The van der Waals surface area contributed by atoms with E-state index in [9.17, 15) is 4.79 Å². The number of amides is 1. The Bertz CT molecular complexity index is 818. The number of nitrogens with one attached hydrogen (secondary N) is 1. The normalized spacial score (nSPS) is 18.2. The molecule has 4 rings (SSSR count). The van der Waals surface area contributed by atoms with Gasteiger partial charge in [0, 0.05) is 37.3 Å². The Morgan fingerprint density at radius 1 is 1.36 bits per heavy atom. The van der Waals surface area contributed by atoms with Crippen molar-refractivity contribution in [1.29, 1.82) is 0 Å². The van der Waals surface area contributed by atoms with E-state index in [1.54, 1.807) is 12.3 Å². The van der Waals surface area contributed by atoms with E-state index >= 15 is 0 Å². The van der Waals surface area contributed by atoms with Crippen LogP contribution in [0.1, 0.15) is 52.8 Å². The van der Waals surface area contributed by atoms with E-state index in [2.05, 4.69) is 21.8 Å². The first-order valence-corrected chi connectivity index (χ1v) is 10.4. The maximum Gasteiger partial charge on any atom is 0.254 e. The molecule has 7 nitrogen and oxygen atoms in total. The summed E-state index contributed by atoms with van der Waals surface area (Å²) in [5.41, 5.74) is 4.48. The number of carbonyl (C=O) groups excluding carboxylic acids is 1. The molecule has 2 aromatic heterocycles. The molecule has 7 heteroatoms. The molecule has 152 valence electrons. The van der Waals surface area contributed by atoms with Gasteiger partial charge in [-0.25, -0.2) is 0 Å². The lowest BCUT2D eigenvalue weighted by Crippen LogP contribution is -2.38. The number of rotatable bonds is 6. The van der Waals surface area contributed by atoms with Crippen LogP contribution in [-0.2, 0) is 30.9 Å². The van der Waals surface area contributed by atoms with Gasteiger partial charge in [0.15, 0.2) is 0 Å². The second kappa shape index (κ2) is 8.49. The number of piperidine rings is 1. The summed E-state index contributed by atoms with van der Waals surface area (Å²) in [7, 11) is 0. The number of hydrogen-bond acceptors (Lipinski definition) is 5. The molecule has 1 fully saturated rings. The van der Waals surface area contributed by atoms with Gasteiger partial charge in [-0.3, -0.25) is 14.4 Å². The van der Waals surface area contributed by atoms with Gasteiger partial charge in [0.1, 0.15) is 5.76 Å². The fourth-order valence-electron chi connectivity index (χ4n) is 4.28. The van der Waals surface area contributed by atoms with Crippen LogP contribution in [-0.4, -0.2) is 46.8 Å². The number of furan rings is 1. The first-order chi connectivity index (χ1) is 13.7. The summed E-state index contributed by atoms with van der Waals surface area (Å²) >= 11 is 0. The van der Waals surface area contributed by atoms with Gasteiger partial charge in [-0.1, -0.05) is 0 Å². The van der Waals surface area contributed by atoms with E-state index in [0.29, 0.717) is 23.8 Å². The molecule has 0 atom stereocenters. The Kier molecular flexibility index (Phi) is 5.82. The number of fused-ring (bicyclic) bond motifs is 1. The highest BCUT2D eigenvalue weighted by molar-refractivity contribution is 5.95. The summed E-state index contributed by atoms with van der Waals surface area (Å²) in [6, 6.07) is 1.73. The number of aryl methyl sites for hydroxylation is 2. The Hall–Kier alpha value is -2.12. The Labute approximate surface area is 166 Å². The van der Waals surface area contributed by atoms with E-state index in [4.69, 9.17) is 14.3 Å². The lowest BCUT2D eigenvalue weighted by atomic mass is 9.96. The molecular formula is C21H30N4O3. The second-order valence-corrected chi connectivity index (χ2v) is 7.81. The van der Waals surface area contributed by atoms with E-state index in [1.165, 1.54) is 17.0 Å². The molecular weight excluding hydrogens is 356 g/mol. The van der Waals surface area contributed by atoms with E-state index in [0.717, 1.165) is 58.6 Å². The van der Waals surface area contributed by atoms with Crippen LogP contribution in [0.25, 0.3) is 0 Å². The molecule has 1 saturated heterocycles. The van der Waals surface area contributed by atoms with Gasteiger partial charge in [-0.15, -0.1) is 0 Å². The van der Waals surface area contributed by atoms with Crippen LogP contribution in [0.15, 0.2) is 16.7 Å². The zero-order chi connectivity index (χ0) is 19.5. The van der Waals surface area contributed by atoms with Crippen LogP contribution in [0.4, 0.5) is 0 Å². The topological polar surface area (TPSA) is 72.5 Å². The maximum atomic E-state index is 12.2. The number of ether oxygens (including phenoxy) is 1. The molecule has 2 aliphatic rings. The lowest BCUT2D eigenvalue weighted by Gasteiger charge is -2.31. The maximum absolute atomic E-state index is 12.2. The summed E-state index contributed by atoms with van der Waals surface area (Å²) < 4.78 is 13.0. The highest BCUT2D eigenvalue weighted by Gasteiger charge is 2.25. The largest absolute Gasteiger partial charge is 0.469 e. The molecule has 0 spiro atoms. The van der Waals surface area contributed by atoms with Crippen molar-refractivity contribution >= 4 is 5.91 Å². The first kappa shape index (κ1) is 19.2. The summed E-state index contributed by atoms with van der Waals surface area (Å²) in [6.45, 7) is 10.1. The minimum atomic E-state index is -0.0367. The summed E-state index contributed by atoms with van der Waals surface area (Å²) in [5.74, 6) is 1.16. The van der Waals surface area contributed by atoms with Crippen molar-refractivity contribution in [2.75, 3.05) is 26.2 Å². The van der Waals surface area contributed by atoms with Crippen molar-refractivity contribution in [3.05, 3.63) is 40.6 Å². The van der Waals surface area contributed by atoms with Crippen LogP contribution in [0.3, 0.4) is 0 Å². The fraction of sp³-hybridized carbons (Fsp3) is 0.619. The van der Waals surface area contributed by atoms with Crippen molar-refractivity contribution in [2.45, 2.75) is 52.8 Å². The van der Waals surface area contributed by atoms with Crippen LogP contribution in [0.2, 0.25) is 0 Å². The Morgan fingerprint density at radius 2 is 2.18 bits per heavy atom. The summed E-state index contributed by atoms with van der Waals surface area (Å²) in [6.07, 6.45) is 4.72. The average molecular weight is 386 g/mol. The SMILES string of the molecule is CCn1nc(CN2CCC(CNC(=O)c3ccoc3C)CC2)c2c1CCOC2. The van der Waals surface area contributed by atoms with Gasteiger partial charge >= 0.3 is 0 Å².